The van der Waals surface area contributed by atoms with Crippen LogP contribution in [0, 0.1) is 17.3 Å². The summed E-state index contributed by atoms with van der Waals surface area (Å²) in [4.78, 5) is 40.5. The largest absolute Gasteiger partial charge is 0.453 e. The fraction of sp³-hybridized carbons (Fsp3) is 0.310. The SMILES string of the molecule is COC(=O)N[C@H](C(=O)NN(Cc1ccc(C#Cc2ccccc2)cc1)C[C@](O)(Cc1ccccc1)C(=O)N[C@H]1c2ccccc2C[C@H]1O)C(C)(C)C. The molecule has 0 aromatic heterocycles. The lowest BCUT2D eigenvalue weighted by atomic mass is 9.86. The number of alkyl carbamates (subject to hydrolysis) is 1. The number of benzene rings is 4. The van der Waals surface area contributed by atoms with Gasteiger partial charge in [-0.15, -0.1) is 0 Å². The number of hydrazine groups is 1. The number of methoxy groups -OCH3 is 1. The normalized spacial score (nSPS) is 16.8. The zero-order valence-electron chi connectivity index (χ0n) is 29.9. The molecule has 4 aromatic carbocycles. The molecule has 10 heteroatoms. The molecule has 1 aliphatic rings. The first-order valence-corrected chi connectivity index (χ1v) is 17.2. The summed E-state index contributed by atoms with van der Waals surface area (Å²) in [6.07, 6.45) is -1.37. The van der Waals surface area contributed by atoms with Gasteiger partial charge in [0.15, 0.2) is 5.60 Å². The van der Waals surface area contributed by atoms with Crippen LogP contribution < -0.4 is 16.1 Å². The molecular weight excluding hydrogens is 656 g/mol. The van der Waals surface area contributed by atoms with E-state index in [1.165, 1.54) is 12.1 Å². The van der Waals surface area contributed by atoms with Crippen LogP contribution in [-0.4, -0.2) is 64.5 Å². The number of ether oxygens (including phenoxy) is 1. The van der Waals surface area contributed by atoms with Crippen LogP contribution in [0.2, 0.25) is 0 Å². The molecule has 0 radical (unpaired) electrons. The van der Waals surface area contributed by atoms with Crippen molar-refractivity contribution in [1.29, 1.82) is 0 Å². The van der Waals surface area contributed by atoms with Gasteiger partial charge in [0.2, 0.25) is 0 Å². The van der Waals surface area contributed by atoms with E-state index in [-0.39, 0.29) is 19.5 Å². The number of hydrogen-bond donors (Lipinski definition) is 5. The third-order valence-corrected chi connectivity index (χ3v) is 9.00. The maximum atomic E-state index is 14.3. The molecule has 0 unspecified atom stereocenters. The number of hydrogen-bond acceptors (Lipinski definition) is 7. The summed E-state index contributed by atoms with van der Waals surface area (Å²) in [6.45, 7) is 5.16. The molecule has 5 N–H and O–H groups in total. The number of carbonyl (C=O) groups excluding carboxylic acids is 3. The summed E-state index contributed by atoms with van der Waals surface area (Å²) in [5.74, 6) is 5.03. The van der Waals surface area contributed by atoms with E-state index in [0.717, 1.165) is 27.8 Å². The van der Waals surface area contributed by atoms with Crippen LogP contribution in [-0.2, 0) is 33.7 Å². The minimum Gasteiger partial charge on any atom is -0.453 e. The van der Waals surface area contributed by atoms with Gasteiger partial charge in [0.25, 0.3) is 11.8 Å². The van der Waals surface area contributed by atoms with Crippen LogP contribution in [0.15, 0.2) is 109 Å². The van der Waals surface area contributed by atoms with E-state index in [0.29, 0.717) is 12.0 Å². The van der Waals surface area contributed by atoms with Gasteiger partial charge in [-0.05, 0) is 51.9 Å². The number of carbonyl (C=O) groups is 3. The highest BCUT2D eigenvalue weighted by atomic mass is 16.5. The minimum absolute atomic E-state index is 0.0897. The molecule has 1 aliphatic carbocycles. The molecule has 10 nitrogen and oxygen atoms in total. The van der Waals surface area contributed by atoms with Gasteiger partial charge >= 0.3 is 6.09 Å². The molecule has 0 saturated carbocycles. The van der Waals surface area contributed by atoms with E-state index in [1.54, 1.807) is 20.8 Å². The second-order valence-corrected chi connectivity index (χ2v) is 14.2. The second kappa shape index (κ2) is 16.7. The first-order chi connectivity index (χ1) is 24.8. The van der Waals surface area contributed by atoms with Crippen LogP contribution in [0.25, 0.3) is 0 Å². The van der Waals surface area contributed by atoms with E-state index in [4.69, 9.17) is 4.74 Å². The van der Waals surface area contributed by atoms with Crippen LogP contribution in [0.3, 0.4) is 0 Å². The van der Waals surface area contributed by atoms with Crippen molar-refractivity contribution in [1.82, 2.24) is 21.1 Å². The van der Waals surface area contributed by atoms with Crippen molar-refractivity contribution in [2.45, 2.75) is 63.9 Å². The number of rotatable bonds is 11. The first-order valence-electron chi connectivity index (χ1n) is 17.2. The molecule has 52 heavy (non-hydrogen) atoms. The highest BCUT2D eigenvalue weighted by molar-refractivity contribution is 5.87. The zero-order chi connectivity index (χ0) is 37.3. The Balaban J connectivity index is 1.46. The predicted molar refractivity (Wildman–Crippen MR) is 198 cm³/mol. The van der Waals surface area contributed by atoms with Gasteiger partial charge in [0, 0.05) is 30.5 Å². The van der Waals surface area contributed by atoms with Crippen molar-refractivity contribution >= 4 is 17.9 Å². The van der Waals surface area contributed by atoms with Crippen molar-refractivity contribution in [3.8, 4) is 11.8 Å². The predicted octanol–water partition coefficient (Wildman–Crippen LogP) is 4.44. The molecule has 4 aromatic rings. The van der Waals surface area contributed by atoms with Gasteiger partial charge in [-0.3, -0.25) is 15.0 Å². The van der Waals surface area contributed by atoms with Crippen LogP contribution in [0.4, 0.5) is 4.79 Å². The summed E-state index contributed by atoms with van der Waals surface area (Å²) in [5, 5.41) is 30.4. The van der Waals surface area contributed by atoms with E-state index in [9.17, 15) is 24.6 Å². The molecule has 0 spiro atoms. The molecule has 5 rings (SSSR count). The Morgan fingerprint density at radius 1 is 0.846 bits per heavy atom. The van der Waals surface area contributed by atoms with E-state index in [2.05, 4.69) is 27.9 Å². The zero-order valence-corrected chi connectivity index (χ0v) is 29.9. The molecule has 0 fully saturated rings. The van der Waals surface area contributed by atoms with Crippen molar-refractivity contribution < 1.29 is 29.3 Å². The minimum atomic E-state index is -2.08. The number of nitrogens with one attached hydrogen (secondary N) is 3. The summed E-state index contributed by atoms with van der Waals surface area (Å²) in [7, 11) is 1.22. The average molecular weight is 703 g/mol. The topological polar surface area (TPSA) is 140 Å². The Bertz CT molecular complexity index is 1900. The highest BCUT2D eigenvalue weighted by Crippen LogP contribution is 2.32. The summed E-state index contributed by atoms with van der Waals surface area (Å²) >= 11 is 0. The molecule has 0 heterocycles. The van der Waals surface area contributed by atoms with Crippen LogP contribution in [0.1, 0.15) is 60.2 Å². The number of nitrogens with zero attached hydrogens (tertiary/aromatic N) is 1. The van der Waals surface area contributed by atoms with Crippen LogP contribution >= 0.6 is 0 Å². The molecule has 270 valence electrons. The lowest BCUT2D eigenvalue weighted by Crippen LogP contribution is -2.62. The Hall–Kier alpha value is -5.47. The molecule has 0 bridgehead atoms. The number of fused-ring (bicyclic) bond motifs is 1. The average Bonchev–Trinajstić information content (AvgIpc) is 3.44. The third kappa shape index (κ3) is 9.86. The molecule has 0 aliphatic heterocycles. The monoisotopic (exact) mass is 702 g/mol. The van der Waals surface area contributed by atoms with E-state index >= 15 is 0 Å². The Kier molecular flexibility index (Phi) is 12.1. The highest BCUT2D eigenvalue weighted by Gasteiger charge is 2.43. The fourth-order valence-corrected chi connectivity index (χ4v) is 6.27. The summed E-state index contributed by atoms with van der Waals surface area (Å²) in [6, 6.07) is 31.9. The lowest BCUT2D eigenvalue weighted by molar-refractivity contribution is -0.147. The summed E-state index contributed by atoms with van der Waals surface area (Å²) in [5.41, 5.74) is 4.91. The number of aliphatic hydroxyl groups excluding tert-OH is 1. The molecule has 0 saturated heterocycles. The maximum absolute atomic E-state index is 14.3. The van der Waals surface area contributed by atoms with E-state index in [1.807, 2.05) is 109 Å². The Labute approximate surface area is 305 Å². The van der Waals surface area contributed by atoms with Crippen molar-refractivity contribution in [2.24, 2.45) is 5.41 Å². The number of aliphatic hydroxyl groups is 2. The Morgan fingerprint density at radius 2 is 1.44 bits per heavy atom. The third-order valence-electron chi connectivity index (χ3n) is 9.00. The number of amides is 3. The summed E-state index contributed by atoms with van der Waals surface area (Å²) < 4.78 is 4.79. The van der Waals surface area contributed by atoms with Crippen molar-refractivity contribution in [2.75, 3.05) is 13.7 Å². The maximum Gasteiger partial charge on any atom is 0.407 e. The molecule has 4 atom stereocenters. The Morgan fingerprint density at radius 3 is 2.08 bits per heavy atom. The fourth-order valence-electron chi connectivity index (χ4n) is 6.27. The van der Waals surface area contributed by atoms with Gasteiger partial charge in [-0.25, -0.2) is 9.80 Å². The van der Waals surface area contributed by atoms with Crippen molar-refractivity contribution in [3.63, 3.8) is 0 Å². The smallest absolute Gasteiger partial charge is 0.407 e. The molecular formula is C42H46N4O6. The van der Waals surface area contributed by atoms with Gasteiger partial charge in [0.1, 0.15) is 6.04 Å². The van der Waals surface area contributed by atoms with Gasteiger partial charge in [-0.1, -0.05) is 118 Å². The molecule has 3 amide bonds. The standard InChI is InChI=1S/C42H46N4O6/c1-41(2,3)37(44-40(50)52-4)38(48)45-46(27-32-23-21-30(22-24-32)20-19-29-13-7-5-8-14-29)28-42(51,26-31-15-9-6-10-16-31)39(49)43-36-34-18-12-11-17-33(34)25-35(36)47/h5-18,21-24,35-37,47,51H,25-28H2,1-4H3,(H,43,49)(H,44,50)(H,45,48)/t35-,36+,37-,42-/m1/s1. The quantitative estimate of drug-likeness (QED) is 0.115. The van der Waals surface area contributed by atoms with Gasteiger partial charge in [-0.2, -0.15) is 0 Å². The van der Waals surface area contributed by atoms with Crippen LogP contribution in [0.5, 0.6) is 0 Å². The van der Waals surface area contributed by atoms with Crippen molar-refractivity contribution in [3.05, 3.63) is 143 Å². The van der Waals surface area contributed by atoms with Gasteiger partial charge < -0.3 is 25.6 Å². The first kappa shape index (κ1) is 37.8. The van der Waals surface area contributed by atoms with Gasteiger partial charge in [0.05, 0.1) is 25.8 Å². The lowest BCUT2D eigenvalue weighted by Gasteiger charge is -2.37. The second-order valence-electron chi connectivity index (χ2n) is 14.2. The van der Waals surface area contributed by atoms with E-state index < -0.39 is 47.1 Å².